The smallest absolute Gasteiger partial charge is 0.293 e. The Labute approximate surface area is 185 Å². The molecule has 3 aromatic rings. The number of nitrogens with one attached hydrogen (secondary N) is 2. The Morgan fingerprint density at radius 1 is 1.10 bits per heavy atom. The van der Waals surface area contributed by atoms with Crippen LogP contribution in [0.15, 0.2) is 58.2 Å². The van der Waals surface area contributed by atoms with Crippen molar-refractivity contribution in [2.24, 2.45) is 0 Å². The number of imide groups is 1. The van der Waals surface area contributed by atoms with E-state index in [-0.39, 0.29) is 18.8 Å². The zero-order chi connectivity index (χ0) is 22.0. The van der Waals surface area contributed by atoms with Gasteiger partial charge in [0.25, 0.3) is 22.6 Å². The molecule has 31 heavy (non-hydrogen) atoms. The molecule has 8 nitrogen and oxygen atoms in total. The normalized spacial score (nSPS) is 15.1. The Morgan fingerprint density at radius 3 is 2.55 bits per heavy atom. The van der Waals surface area contributed by atoms with Gasteiger partial charge in [-0.2, -0.15) is 5.10 Å². The number of fused-ring (bicyclic) bond motifs is 1. The van der Waals surface area contributed by atoms with Crippen LogP contribution in [0.4, 0.5) is 4.79 Å². The maximum atomic E-state index is 12.6. The molecule has 10 heteroatoms. The molecule has 156 valence electrons. The SMILES string of the molecule is O=C(NCCN1C(=O)S/C(=C\c2ccc(Cl)cc2)C1=O)c1n[nH]c(=O)c2ccccc12. The maximum absolute atomic E-state index is 12.6. The van der Waals surface area contributed by atoms with Crippen LogP contribution < -0.4 is 10.9 Å². The van der Waals surface area contributed by atoms with E-state index in [9.17, 15) is 19.2 Å². The molecule has 0 radical (unpaired) electrons. The second kappa shape index (κ2) is 8.75. The van der Waals surface area contributed by atoms with Gasteiger partial charge in [0.1, 0.15) is 0 Å². The molecule has 2 heterocycles. The van der Waals surface area contributed by atoms with Crippen molar-refractivity contribution in [3.05, 3.63) is 80.1 Å². The summed E-state index contributed by atoms with van der Waals surface area (Å²) in [5, 5.41) is 9.70. The molecular formula is C21H15ClN4O4S. The number of thioether (sulfide) groups is 1. The number of amides is 3. The molecule has 1 fully saturated rings. The summed E-state index contributed by atoms with van der Waals surface area (Å²) in [6, 6.07) is 13.5. The number of hydrogen-bond acceptors (Lipinski definition) is 6. The van der Waals surface area contributed by atoms with Gasteiger partial charge in [0, 0.05) is 23.5 Å². The Balaban J connectivity index is 1.42. The topological polar surface area (TPSA) is 112 Å². The minimum Gasteiger partial charge on any atom is -0.349 e. The van der Waals surface area contributed by atoms with Gasteiger partial charge in [0.2, 0.25) is 0 Å². The molecule has 0 atom stereocenters. The van der Waals surface area contributed by atoms with Crippen LogP contribution in [-0.2, 0) is 4.79 Å². The van der Waals surface area contributed by atoms with Crippen molar-refractivity contribution in [1.82, 2.24) is 20.4 Å². The van der Waals surface area contributed by atoms with Gasteiger partial charge in [-0.3, -0.25) is 24.1 Å². The van der Waals surface area contributed by atoms with Crippen LogP contribution in [0.2, 0.25) is 5.02 Å². The van der Waals surface area contributed by atoms with E-state index in [1.165, 1.54) is 0 Å². The number of benzene rings is 2. The zero-order valence-corrected chi connectivity index (χ0v) is 17.5. The van der Waals surface area contributed by atoms with Crippen LogP contribution in [0.25, 0.3) is 16.8 Å². The van der Waals surface area contributed by atoms with Crippen molar-refractivity contribution < 1.29 is 14.4 Å². The molecule has 2 aromatic carbocycles. The Morgan fingerprint density at radius 2 is 1.81 bits per heavy atom. The van der Waals surface area contributed by atoms with Crippen molar-refractivity contribution in [1.29, 1.82) is 0 Å². The first-order chi connectivity index (χ1) is 14.9. The predicted octanol–water partition coefficient (Wildman–Crippen LogP) is 3.04. The van der Waals surface area contributed by atoms with E-state index in [2.05, 4.69) is 15.5 Å². The van der Waals surface area contributed by atoms with Gasteiger partial charge in [-0.25, -0.2) is 5.10 Å². The van der Waals surface area contributed by atoms with Gasteiger partial charge < -0.3 is 5.32 Å². The van der Waals surface area contributed by atoms with Gasteiger partial charge >= 0.3 is 0 Å². The molecule has 1 saturated heterocycles. The lowest BCUT2D eigenvalue weighted by Gasteiger charge is -2.13. The fourth-order valence-electron chi connectivity index (χ4n) is 3.06. The lowest BCUT2D eigenvalue weighted by Crippen LogP contribution is -2.37. The summed E-state index contributed by atoms with van der Waals surface area (Å²) in [6.45, 7) is 0.0515. The Kier molecular flexibility index (Phi) is 5.88. The molecule has 1 aromatic heterocycles. The highest BCUT2D eigenvalue weighted by Crippen LogP contribution is 2.32. The van der Waals surface area contributed by atoms with Crippen LogP contribution in [0.3, 0.4) is 0 Å². The highest BCUT2D eigenvalue weighted by atomic mass is 35.5. The molecule has 0 saturated carbocycles. The quantitative estimate of drug-likeness (QED) is 0.573. The van der Waals surface area contributed by atoms with E-state index in [4.69, 9.17) is 11.6 Å². The third-order valence-electron chi connectivity index (χ3n) is 4.57. The zero-order valence-electron chi connectivity index (χ0n) is 15.9. The van der Waals surface area contributed by atoms with E-state index in [1.807, 2.05) is 0 Å². The highest BCUT2D eigenvalue weighted by molar-refractivity contribution is 8.18. The number of halogens is 1. The summed E-state index contributed by atoms with van der Waals surface area (Å²) < 4.78 is 0. The van der Waals surface area contributed by atoms with Crippen LogP contribution in [0, 0.1) is 0 Å². The second-order valence-electron chi connectivity index (χ2n) is 6.59. The predicted molar refractivity (Wildman–Crippen MR) is 119 cm³/mol. The Bertz CT molecular complexity index is 1290. The summed E-state index contributed by atoms with van der Waals surface area (Å²) in [5.74, 6) is -0.942. The van der Waals surface area contributed by atoms with Gasteiger partial charge in [-0.1, -0.05) is 41.9 Å². The van der Waals surface area contributed by atoms with Gasteiger partial charge in [-0.05, 0) is 41.6 Å². The first-order valence-electron chi connectivity index (χ1n) is 9.20. The Hall–Kier alpha value is -3.43. The number of H-pyrrole nitrogens is 1. The third-order valence-corrected chi connectivity index (χ3v) is 5.73. The highest BCUT2D eigenvalue weighted by Gasteiger charge is 2.34. The van der Waals surface area contributed by atoms with Gasteiger partial charge in [-0.15, -0.1) is 0 Å². The molecule has 0 spiro atoms. The third kappa shape index (κ3) is 4.37. The lowest BCUT2D eigenvalue weighted by atomic mass is 10.1. The minimum atomic E-state index is -0.517. The average molecular weight is 455 g/mol. The molecule has 2 N–H and O–H groups in total. The summed E-state index contributed by atoms with van der Waals surface area (Å²) in [6.07, 6.45) is 1.62. The van der Waals surface area contributed by atoms with Crippen molar-refractivity contribution >= 4 is 57.3 Å². The standard InChI is InChI=1S/C21H15ClN4O4S/c22-13-7-5-12(6-8-13)11-16-20(29)26(21(30)31-16)10-9-23-19(28)17-14-3-1-2-4-15(14)18(27)25-24-17/h1-8,11H,9-10H2,(H,23,28)(H,25,27)/b16-11-. The molecule has 3 amide bonds. The first-order valence-corrected chi connectivity index (χ1v) is 10.4. The first kappa shape index (κ1) is 20.8. The summed E-state index contributed by atoms with van der Waals surface area (Å²) >= 11 is 6.70. The lowest BCUT2D eigenvalue weighted by molar-refractivity contribution is -0.122. The maximum Gasteiger partial charge on any atom is 0.293 e. The van der Waals surface area contributed by atoms with E-state index < -0.39 is 22.6 Å². The van der Waals surface area contributed by atoms with E-state index in [1.54, 1.807) is 54.6 Å². The van der Waals surface area contributed by atoms with Crippen LogP contribution in [0.1, 0.15) is 16.1 Å². The average Bonchev–Trinajstić information content (AvgIpc) is 3.03. The number of carbonyl (C=O) groups is 3. The van der Waals surface area contributed by atoms with Crippen molar-refractivity contribution in [3.8, 4) is 0 Å². The number of carbonyl (C=O) groups excluding carboxylic acids is 3. The summed E-state index contributed by atoms with van der Waals surface area (Å²) in [5.41, 5.74) is 0.420. The number of rotatable bonds is 5. The van der Waals surface area contributed by atoms with Crippen LogP contribution in [0.5, 0.6) is 0 Å². The van der Waals surface area contributed by atoms with Crippen LogP contribution in [-0.4, -0.2) is 45.2 Å². The molecule has 1 aliphatic heterocycles. The number of aromatic amines is 1. The molecular weight excluding hydrogens is 440 g/mol. The second-order valence-corrected chi connectivity index (χ2v) is 8.02. The summed E-state index contributed by atoms with van der Waals surface area (Å²) in [4.78, 5) is 50.6. The monoisotopic (exact) mass is 454 g/mol. The molecule has 1 aliphatic rings. The minimum absolute atomic E-state index is 0.00957. The number of hydrogen-bond donors (Lipinski definition) is 2. The largest absolute Gasteiger partial charge is 0.349 e. The number of nitrogens with zero attached hydrogens (tertiary/aromatic N) is 2. The molecule has 0 aliphatic carbocycles. The van der Waals surface area contributed by atoms with E-state index in [0.29, 0.717) is 20.7 Å². The van der Waals surface area contributed by atoms with Crippen molar-refractivity contribution in [3.63, 3.8) is 0 Å². The van der Waals surface area contributed by atoms with Crippen molar-refractivity contribution in [2.75, 3.05) is 13.1 Å². The van der Waals surface area contributed by atoms with E-state index in [0.717, 1.165) is 22.2 Å². The molecule has 0 bridgehead atoms. The molecule has 0 unspecified atom stereocenters. The fraction of sp³-hybridized carbons (Fsp3) is 0.0952. The summed E-state index contributed by atoms with van der Waals surface area (Å²) in [7, 11) is 0. The number of aromatic nitrogens is 2. The molecule has 4 rings (SSSR count). The fourth-order valence-corrected chi connectivity index (χ4v) is 4.05. The van der Waals surface area contributed by atoms with Gasteiger partial charge in [0.15, 0.2) is 5.69 Å². The van der Waals surface area contributed by atoms with Gasteiger partial charge in [0.05, 0.1) is 10.3 Å². The van der Waals surface area contributed by atoms with E-state index >= 15 is 0 Å². The van der Waals surface area contributed by atoms with Crippen molar-refractivity contribution in [2.45, 2.75) is 0 Å². The van der Waals surface area contributed by atoms with Crippen LogP contribution >= 0.6 is 23.4 Å².